The van der Waals surface area contributed by atoms with Gasteiger partial charge in [-0.15, -0.1) is 0 Å². The Hall–Kier alpha value is -2.74. The lowest BCUT2D eigenvalue weighted by Crippen LogP contribution is -2.80. The second-order valence-corrected chi connectivity index (χ2v) is 10.4. The van der Waals surface area contributed by atoms with Gasteiger partial charge in [-0.3, -0.25) is 24.0 Å². The Morgan fingerprint density at radius 2 is 1.20 bits per heavy atom. The predicted molar refractivity (Wildman–Crippen MR) is 145 cm³/mol. The molecule has 0 aromatic rings. The van der Waals surface area contributed by atoms with E-state index in [1.54, 1.807) is 0 Å². The summed E-state index contributed by atoms with van der Waals surface area (Å²) in [6.45, 7) is 9.33. The smallest absolute Gasteiger partial charge is 0.343 e. The summed E-state index contributed by atoms with van der Waals surface area (Å²) < 4.78 is 24.0. The van der Waals surface area contributed by atoms with Crippen LogP contribution < -0.4 is 5.32 Å². The first-order chi connectivity index (χ1) is 19.7. The van der Waals surface area contributed by atoms with Gasteiger partial charge in [-0.1, -0.05) is 40.5 Å². The maximum Gasteiger partial charge on any atom is 0.343 e. The minimum Gasteiger partial charge on any atom is -0.479 e. The summed E-state index contributed by atoms with van der Waals surface area (Å²) >= 11 is 0. The molecule has 0 saturated carbocycles. The van der Waals surface area contributed by atoms with Gasteiger partial charge >= 0.3 is 5.97 Å². The Bertz CT molecular complexity index is 1060. The summed E-state index contributed by atoms with van der Waals surface area (Å²) in [6.07, 6.45) is -4.10. The lowest BCUT2D eigenvalue weighted by Gasteiger charge is -2.53. The molecule has 5 N–H and O–H groups in total. The van der Waals surface area contributed by atoms with Gasteiger partial charge in [-0.25, -0.2) is 4.79 Å². The molecule has 0 heterocycles. The van der Waals surface area contributed by atoms with Crippen LogP contribution in [0.15, 0.2) is 0 Å². The minimum absolute atomic E-state index is 0.0833. The third-order valence-electron chi connectivity index (χ3n) is 7.72. The lowest BCUT2D eigenvalue weighted by molar-refractivity contribution is -0.182. The number of hydrogen-bond acceptors (Lipinski definition) is 10. The number of aliphatic hydroxyl groups is 3. The number of nitrogens with one attached hydrogen (secondary N) is 1. The molecule has 2 amide bonds. The first-order valence-corrected chi connectivity index (χ1v) is 12.9. The monoisotopic (exact) mass is 576 g/mol. The van der Waals surface area contributed by atoms with E-state index in [0.717, 1.165) is 13.8 Å². The van der Waals surface area contributed by atoms with Crippen molar-refractivity contribution in [1.29, 1.82) is 0 Å². The van der Waals surface area contributed by atoms with Crippen molar-refractivity contribution in [2.75, 3.05) is 21.1 Å². The molecule has 0 aliphatic heterocycles. The molecule has 0 saturated heterocycles. The number of aliphatic hydroxyl groups excluding tert-OH is 2. The summed E-state index contributed by atoms with van der Waals surface area (Å²) in [4.78, 5) is 84.2. The van der Waals surface area contributed by atoms with Gasteiger partial charge in [-0.05, 0) is 46.6 Å². The van der Waals surface area contributed by atoms with E-state index in [1.165, 1.54) is 34.6 Å². The number of amides is 2. The minimum atomic E-state index is -3.40. The fourth-order valence-corrected chi connectivity index (χ4v) is 4.73. The maximum absolute atomic E-state index is 15.5. The summed E-state index contributed by atoms with van der Waals surface area (Å²) in [5, 5.41) is 43.9. The van der Waals surface area contributed by atoms with Crippen LogP contribution in [-0.4, -0.2) is 121 Å². The molecule has 0 spiro atoms. The van der Waals surface area contributed by atoms with Crippen LogP contribution in [0.4, 0.5) is 0 Å². The summed E-state index contributed by atoms with van der Waals surface area (Å²) in [6, 6.07) is -1.41. The van der Waals surface area contributed by atoms with Gasteiger partial charge in [-0.2, -0.15) is 0 Å². The molecule has 0 aliphatic carbocycles. The normalized spacial score (nSPS) is 20.8. The highest BCUT2D eigenvalue weighted by atomic mass is 16.4. The Balaban J connectivity index is 8.87. The number of carboxylic acids is 1. The first-order valence-electron chi connectivity index (χ1n) is 15.0. The number of carbonyl (C=O) groups excluding carboxylic acids is 5. The molecule has 40 heavy (non-hydrogen) atoms. The topological polar surface area (TPSA) is 202 Å². The highest BCUT2D eigenvalue weighted by Gasteiger charge is 2.69. The van der Waals surface area contributed by atoms with Gasteiger partial charge in [0.15, 0.2) is 22.6 Å². The lowest BCUT2D eigenvalue weighted by atomic mass is 9.60. The molecule has 0 aromatic heterocycles. The summed E-state index contributed by atoms with van der Waals surface area (Å²) in [5.74, 6) is -12.1. The number of Topliss-reactive ketones (excluding diaryl/α,β-unsaturated/α-hetero) is 3. The molecule has 0 rings (SSSR count). The SMILES string of the molecule is [2H]CN[C@@H](C)C(=O)[C@@](C(=O)[C@@](C(=O)[C@@](C)(O)C(=O)O)([C@@H](C)CC)N(C[2H])C(=O)[C@@H](C)O)([C@@H](C)CC)N(C[2H])C(=O)[C@H](C)O. The fourth-order valence-electron chi connectivity index (χ4n) is 4.73. The van der Waals surface area contributed by atoms with Gasteiger partial charge in [0.2, 0.25) is 11.4 Å². The molecule has 0 unspecified atom stereocenters. The van der Waals surface area contributed by atoms with E-state index in [0.29, 0.717) is 11.8 Å². The second kappa shape index (κ2) is 13.7. The van der Waals surface area contributed by atoms with E-state index in [1.807, 2.05) is 0 Å². The number of carbonyl (C=O) groups is 6. The Kier molecular flexibility index (Phi) is 10.9. The van der Waals surface area contributed by atoms with Gasteiger partial charge in [0.25, 0.3) is 11.8 Å². The van der Waals surface area contributed by atoms with E-state index in [4.69, 9.17) is 4.11 Å². The summed E-state index contributed by atoms with van der Waals surface area (Å²) in [7, 11) is -2.92. The number of aliphatic carboxylic acids is 1. The van der Waals surface area contributed by atoms with Crippen molar-refractivity contribution in [3.05, 3.63) is 0 Å². The zero-order chi connectivity index (χ0) is 34.2. The van der Waals surface area contributed by atoms with Gasteiger partial charge in [0.05, 0.1) is 6.04 Å². The Morgan fingerprint density at radius 1 is 0.800 bits per heavy atom. The van der Waals surface area contributed by atoms with E-state index in [9.17, 15) is 44.4 Å². The number of hydrogen-bond donors (Lipinski definition) is 5. The van der Waals surface area contributed by atoms with Gasteiger partial charge < -0.3 is 35.5 Å². The van der Waals surface area contributed by atoms with E-state index >= 15 is 4.79 Å². The average molecular weight is 577 g/mol. The van der Waals surface area contributed by atoms with Crippen molar-refractivity contribution in [3.8, 4) is 0 Å². The fraction of sp³-hybridized carbons (Fsp3) is 0.778. The zero-order valence-corrected chi connectivity index (χ0v) is 24.6. The highest BCUT2D eigenvalue weighted by Crippen LogP contribution is 2.42. The number of rotatable bonds is 16. The van der Waals surface area contributed by atoms with E-state index in [-0.39, 0.29) is 17.7 Å². The van der Waals surface area contributed by atoms with Crippen LogP contribution in [0.2, 0.25) is 0 Å². The Morgan fingerprint density at radius 3 is 1.52 bits per heavy atom. The molecular formula is C27H47N3O10. The molecule has 0 aromatic carbocycles. The van der Waals surface area contributed by atoms with Crippen LogP contribution in [-0.2, 0) is 28.8 Å². The second-order valence-electron chi connectivity index (χ2n) is 10.4. The molecule has 0 radical (unpaired) electrons. The Labute approximate surface area is 240 Å². The molecule has 230 valence electrons. The molecule has 13 nitrogen and oxygen atoms in total. The van der Waals surface area contributed by atoms with Gasteiger partial charge in [0.1, 0.15) is 12.2 Å². The number of carboxylic acid groups (broad SMARTS) is 1. The summed E-state index contributed by atoms with van der Waals surface area (Å²) in [5.41, 5.74) is -9.48. The third kappa shape index (κ3) is 5.97. The quantitative estimate of drug-likeness (QED) is 0.147. The average Bonchev–Trinajstić information content (AvgIpc) is 2.95. The molecule has 8 atom stereocenters. The van der Waals surface area contributed by atoms with Crippen LogP contribution in [0.3, 0.4) is 0 Å². The molecular weight excluding hydrogens is 526 g/mol. The van der Waals surface area contributed by atoms with Crippen molar-refractivity contribution in [2.45, 2.75) is 103 Å². The van der Waals surface area contributed by atoms with Crippen molar-refractivity contribution in [3.63, 3.8) is 0 Å². The van der Waals surface area contributed by atoms with E-state index in [2.05, 4.69) is 5.32 Å². The highest BCUT2D eigenvalue weighted by molar-refractivity contribution is 6.30. The van der Waals surface area contributed by atoms with Crippen LogP contribution in [0.1, 0.15) is 72.3 Å². The number of nitrogens with zero attached hydrogens (tertiary/aromatic N) is 2. The van der Waals surface area contributed by atoms with Crippen LogP contribution >= 0.6 is 0 Å². The standard InChI is InChI=1S/C27H47N3O10/c1-12-14(3)26(19(33)16(5)28-9,29(10)20(34)17(6)31)23(37)27(15(4)13-2,30(11)21(35)18(7)32)22(36)25(8,40)24(38)39/h14-18,28,31-32,40H,12-13H2,1-11H3,(H,38,39)/t14-,15-,16-,17-,18+,25+,26+,27-/m0/s1/i9D,10D,11D. The van der Waals surface area contributed by atoms with Crippen LogP contribution in [0.25, 0.3) is 0 Å². The third-order valence-corrected chi connectivity index (χ3v) is 7.72. The zero-order valence-electron chi connectivity index (χ0n) is 27.6. The van der Waals surface area contributed by atoms with Crippen LogP contribution in [0, 0.1) is 11.8 Å². The van der Waals surface area contributed by atoms with E-state index < -0.39 is 103 Å². The molecule has 0 fully saturated rings. The van der Waals surface area contributed by atoms with Crippen LogP contribution in [0.5, 0.6) is 0 Å². The largest absolute Gasteiger partial charge is 0.479 e. The molecule has 0 bridgehead atoms. The van der Waals surface area contributed by atoms with Crippen molar-refractivity contribution < 1.29 is 53.3 Å². The predicted octanol–water partition coefficient (Wildman–Crippen LogP) is -0.615. The first kappa shape index (κ1) is 31.8. The van der Waals surface area contributed by atoms with Gasteiger partial charge in [0, 0.05) is 18.2 Å². The molecule has 0 aliphatic rings. The number of likely N-dealkylation sites (N-methyl/N-ethyl adjacent to an activating group) is 3. The van der Waals surface area contributed by atoms with Crippen molar-refractivity contribution in [1.82, 2.24) is 15.1 Å². The maximum atomic E-state index is 15.5. The molecule has 13 heteroatoms. The van der Waals surface area contributed by atoms with Crippen molar-refractivity contribution in [2.24, 2.45) is 11.8 Å². The van der Waals surface area contributed by atoms with Crippen molar-refractivity contribution >= 4 is 35.1 Å². The number of ketones is 3.